The molecule has 0 unspecified atom stereocenters. The van der Waals surface area contributed by atoms with Gasteiger partial charge in [0.15, 0.2) is 0 Å². The van der Waals surface area contributed by atoms with E-state index < -0.39 is 15.9 Å². The monoisotopic (exact) mass is 494 g/mol. The SMILES string of the molecule is CCN1C(=O)/C(=C2\N(C)c3cc(Cl)c(Cl)cc3N2CC(=O)NS(C)(=O)=O)SC1=S. The first-order valence-electron chi connectivity index (χ1n) is 8.23. The maximum atomic E-state index is 12.9. The molecule has 2 aliphatic heterocycles. The van der Waals surface area contributed by atoms with Gasteiger partial charge >= 0.3 is 0 Å². The van der Waals surface area contributed by atoms with Gasteiger partial charge in [0.2, 0.25) is 10.0 Å². The number of carbonyl (C=O) groups is 2. The van der Waals surface area contributed by atoms with Gasteiger partial charge in [0.25, 0.3) is 11.8 Å². The maximum absolute atomic E-state index is 12.9. The van der Waals surface area contributed by atoms with E-state index in [4.69, 9.17) is 35.4 Å². The molecule has 1 N–H and O–H groups in total. The van der Waals surface area contributed by atoms with Crippen LogP contribution in [0.1, 0.15) is 6.92 Å². The molecule has 8 nitrogen and oxygen atoms in total. The summed E-state index contributed by atoms with van der Waals surface area (Å²) in [5, 5.41) is 0.565. The van der Waals surface area contributed by atoms with Crippen molar-refractivity contribution >= 4 is 84.7 Å². The number of sulfonamides is 1. The fraction of sp³-hybridized carbons (Fsp3) is 0.312. The molecule has 1 fully saturated rings. The minimum Gasteiger partial charge on any atom is -0.328 e. The minimum atomic E-state index is -3.74. The summed E-state index contributed by atoms with van der Waals surface area (Å²) in [5.41, 5.74) is 1.13. The molecule has 0 aromatic heterocycles. The first kappa shape index (κ1) is 22.2. The molecule has 0 atom stereocenters. The van der Waals surface area contributed by atoms with Crippen LogP contribution in [0, 0.1) is 0 Å². The summed E-state index contributed by atoms with van der Waals surface area (Å²) in [6.07, 6.45) is 0.888. The van der Waals surface area contributed by atoms with Crippen molar-refractivity contribution in [3.63, 3.8) is 0 Å². The third kappa shape index (κ3) is 4.19. The molecule has 1 aromatic rings. The van der Waals surface area contributed by atoms with Gasteiger partial charge in [-0.15, -0.1) is 0 Å². The zero-order chi connectivity index (χ0) is 21.7. The van der Waals surface area contributed by atoms with Crippen LogP contribution in [0.15, 0.2) is 22.9 Å². The summed E-state index contributed by atoms with van der Waals surface area (Å²) < 4.78 is 25.2. The van der Waals surface area contributed by atoms with E-state index >= 15 is 0 Å². The Hall–Kier alpha value is -1.53. The number of thioether (sulfide) groups is 1. The van der Waals surface area contributed by atoms with Crippen LogP contribution >= 0.6 is 47.2 Å². The molecule has 2 heterocycles. The van der Waals surface area contributed by atoms with Gasteiger partial charge < -0.3 is 9.80 Å². The molecular weight excluding hydrogens is 479 g/mol. The average molecular weight is 495 g/mol. The van der Waals surface area contributed by atoms with Gasteiger partial charge in [0, 0.05) is 13.6 Å². The quantitative estimate of drug-likeness (QED) is 0.503. The highest BCUT2D eigenvalue weighted by Gasteiger charge is 2.41. The molecule has 0 radical (unpaired) electrons. The van der Waals surface area contributed by atoms with Crippen LogP contribution < -0.4 is 14.5 Å². The summed E-state index contributed by atoms with van der Waals surface area (Å²) in [4.78, 5) is 30.2. The smallest absolute Gasteiger partial charge is 0.269 e. The van der Waals surface area contributed by atoms with Gasteiger partial charge in [-0.25, -0.2) is 8.42 Å². The third-order valence-corrected chi connectivity index (χ3v) is 6.96. The fourth-order valence-corrected chi connectivity index (χ4v) is 5.33. The molecule has 0 spiro atoms. The van der Waals surface area contributed by atoms with Crippen LogP contribution in [0.2, 0.25) is 10.0 Å². The first-order chi connectivity index (χ1) is 13.4. The van der Waals surface area contributed by atoms with Gasteiger partial charge in [-0.3, -0.25) is 19.2 Å². The first-order valence-corrected chi connectivity index (χ1v) is 12.1. The van der Waals surface area contributed by atoms with E-state index in [0.717, 1.165) is 18.0 Å². The molecule has 0 aliphatic carbocycles. The lowest BCUT2D eigenvalue weighted by Gasteiger charge is -2.23. The number of nitrogens with zero attached hydrogens (tertiary/aromatic N) is 3. The number of anilines is 2. The molecule has 13 heteroatoms. The Bertz CT molecular complexity index is 1070. The maximum Gasteiger partial charge on any atom is 0.269 e. The molecule has 156 valence electrons. The number of hydrogen-bond donors (Lipinski definition) is 1. The van der Waals surface area contributed by atoms with Crippen molar-refractivity contribution in [2.45, 2.75) is 6.92 Å². The van der Waals surface area contributed by atoms with E-state index in [1.807, 2.05) is 11.6 Å². The zero-order valence-corrected chi connectivity index (χ0v) is 19.5. The summed E-state index contributed by atoms with van der Waals surface area (Å²) in [6, 6.07) is 3.19. The lowest BCUT2D eigenvalue weighted by atomic mass is 10.2. The van der Waals surface area contributed by atoms with E-state index in [9.17, 15) is 18.0 Å². The van der Waals surface area contributed by atoms with E-state index in [2.05, 4.69) is 0 Å². The molecule has 1 aromatic carbocycles. The van der Waals surface area contributed by atoms with Crippen molar-refractivity contribution in [3.8, 4) is 0 Å². The number of hydrogen-bond acceptors (Lipinski definition) is 8. The Balaban J connectivity index is 2.14. The molecule has 3 rings (SSSR count). The number of carbonyl (C=O) groups excluding carboxylic acids is 2. The van der Waals surface area contributed by atoms with Crippen molar-refractivity contribution < 1.29 is 18.0 Å². The van der Waals surface area contributed by atoms with E-state index in [1.165, 1.54) is 9.80 Å². The lowest BCUT2D eigenvalue weighted by Crippen LogP contribution is -2.40. The van der Waals surface area contributed by atoms with Crippen molar-refractivity contribution in [3.05, 3.63) is 32.9 Å². The average Bonchev–Trinajstić information content (AvgIpc) is 3.00. The second-order valence-electron chi connectivity index (χ2n) is 6.27. The summed E-state index contributed by atoms with van der Waals surface area (Å²) in [6.45, 7) is 1.86. The summed E-state index contributed by atoms with van der Waals surface area (Å²) >= 11 is 18.7. The number of likely N-dealkylation sites (N-methyl/N-ethyl adjacent to an activating group) is 1. The lowest BCUT2D eigenvalue weighted by molar-refractivity contribution is -0.122. The van der Waals surface area contributed by atoms with Gasteiger partial charge in [-0.05, 0) is 19.1 Å². The fourth-order valence-electron chi connectivity index (χ4n) is 3.04. The van der Waals surface area contributed by atoms with Gasteiger partial charge in [-0.2, -0.15) is 0 Å². The van der Waals surface area contributed by atoms with Crippen LogP contribution in [0.25, 0.3) is 0 Å². The second-order valence-corrected chi connectivity index (χ2v) is 10.5. The molecule has 0 bridgehead atoms. The molecule has 1 saturated heterocycles. The topological polar surface area (TPSA) is 90.0 Å². The highest BCUT2D eigenvalue weighted by atomic mass is 35.5. The third-order valence-electron chi connectivity index (χ3n) is 4.21. The molecule has 0 saturated carbocycles. The van der Waals surface area contributed by atoms with Gasteiger partial charge in [-0.1, -0.05) is 47.2 Å². The number of halogens is 2. The van der Waals surface area contributed by atoms with E-state index in [0.29, 0.717) is 38.0 Å². The summed E-state index contributed by atoms with van der Waals surface area (Å²) in [7, 11) is -2.03. The predicted octanol–water partition coefficient (Wildman–Crippen LogP) is 2.37. The number of benzene rings is 1. The Labute approximate surface area is 187 Å². The van der Waals surface area contributed by atoms with Crippen LogP contribution in [-0.2, 0) is 19.6 Å². The van der Waals surface area contributed by atoms with Crippen molar-refractivity contribution in [1.29, 1.82) is 0 Å². The highest BCUT2D eigenvalue weighted by Crippen LogP contribution is 2.48. The normalized spacial score (nSPS) is 19.3. The molecule has 2 aliphatic rings. The number of rotatable bonds is 4. The van der Waals surface area contributed by atoms with Crippen LogP contribution in [0.3, 0.4) is 0 Å². The molecule has 29 heavy (non-hydrogen) atoms. The van der Waals surface area contributed by atoms with Crippen LogP contribution in [-0.4, -0.2) is 55.8 Å². The van der Waals surface area contributed by atoms with Crippen molar-refractivity contribution in [2.24, 2.45) is 0 Å². The van der Waals surface area contributed by atoms with Crippen molar-refractivity contribution in [1.82, 2.24) is 9.62 Å². The molecular formula is C16H16Cl2N4O4S3. The number of amides is 2. The minimum absolute atomic E-state index is 0.259. The van der Waals surface area contributed by atoms with Crippen molar-refractivity contribution in [2.75, 3.05) is 36.2 Å². The van der Waals surface area contributed by atoms with E-state index in [-0.39, 0.29) is 17.5 Å². The number of fused-ring (bicyclic) bond motifs is 1. The zero-order valence-electron chi connectivity index (χ0n) is 15.5. The second kappa shape index (κ2) is 7.95. The Morgan fingerprint density at radius 2 is 1.79 bits per heavy atom. The summed E-state index contributed by atoms with van der Waals surface area (Å²) in [5.74, 6) is -0.651. The Morgan fingerprint density at radius 3 is 2.31 bits per heavy atom. The van der Waals surface area contributed by atoms with Crippen LogP contribution in [0.4, 0.5) is 11.4 Å². The standard InChI is InChI=1S/C16H16Cl2N4O4S3/c1-4-21-15(24)13(28-16(21)27)14-20(2)10-5-8(17)9(18)6-11(10)22(14)7-12(23)19-29(3,25)26/h5-6H,4,7H2,1-3H3,(H,19,23)/b14-13-. The van der Waals surface area contributed by atoms with Gasteiger partial charge in [0.1, 0.15) is 21.6 Å². The number of thiocarbonyl (C=S) groups is 1. The molecule has 2 amide bonds. The predicted molar refractivity (Wildman–Crippen MR) is 120 cm³/mol. The van der Waals surface area contributed by atoms with Gasteiger partial charge in [0.05, 0.1) is 27.7 Å². The Morgan fingerprint density at radius 1 is 1.21 bits per heavy atom. The largest absolute Gasteiger partial charge is 0.328 e. The van der Waals surface area contributed by atoms with Crippen LogP contribution in [0.5, 0.6) is 0 Å². The van der Waals surface area contributed by atoms with E-state index in [1.54, 1.807) is 24.1 Å². The highest BCUT2D eigenvalue weighted by molar-refractivity contribution is 8.26. The Kier molecular flexibility index (Phi) is 6.08. The number of nitrogens with one attached hydrogen (secondary N) is 1.